The molecule has 1 unspecified atom stereocenters. The van der Waals surface area contributed by atoms with Gasteiger partial charge in [0.1, 0.15) is 12.3 Å². The fourth-order valence-corrected chi connectivity index (χ4v) is 6.05. The number of hydrogen-bond acceptors (Lipinski definition) is 4. The van der Waals surface area contributed by atoms with E-state index in [-0.39, 0.29) is 6.61 Å². The van der Waals surface area contributed by atoms with Crippen LogP contribution in [0.1, 0.15) is 43.4 Å². The van der Waals surface area contributed by atoms with Crippen molar-refractivity contribution >= 4 is 32.4 Å². The molecule has 9 heteroatoms. The standard InChI is InChI=1S/C16H26O6P2S/c1-13(2)5-4-6-14(3)9-15-7-8-16(25-15)10-22-11-23(17,18)12-24(19,20)21/h5,7-9H,4,6,10-12H2,1-3H3,(H,17,18)(H2,19,20,21)/b14-9+. The lowest BCUT2D eigenvalue weighted by molar-refractivity contribution is 0.158. The van der Waals surface area contributed by atoms with Crippen LogP contribution in [0.2, 0.25) is 0 Å². The van der Waals surface area contributed by atoms with Crippen LogP contribution in [-0.2, 0) is 20.5 Å². The Morgan fingerprint density at radius 3 is 2.48 bits per heavy atom. The molecule has 0 aliphatic rings. The zero-order valence-electron chi connectivity index (χ0n) is 14.7. The van der Waals surface area contributed by atoms with Crippen LogP contribution in [0, 0.1) is 0 Å². The molecule has 142 valence electrons. The Bertz CT molecular complexity index is 712. The average Bonchev–Trinajstić information content (AvgIpc) is 2.82. The molecule has 1 rings (SSSR count). The molecule has 3 N–H and O–H groups in total. The van der Waals surface area contributed by atoms with Gasteiger partial charge in [0.2, 0.25) is 7.37 Å². The van der Waals surface area contributed by atoms with Crippen LogP contribution < -0.4 is 0 Å². The first-order chi connectivity index (χ1) is 11.5. The van der Waals surface area contributed by atoms with E-state index < -0.39 is 27.2 Å². The van der Waals surface area contributed by atoms with E-state index in [0.717, 1.165) is 22.6 Å². The van der Waals surface area contributed by atoms with Crippen LogP contribution >= 0.6 is 26.3 Å². The van der Waals surface area contributed by atoms with Crippen molar-refractivity contribution in [2.75, 3.05) is 12.3 Å². The second-order valence-electron chi connectivity index (χ2n) is 6.24. The third-order valence-corrected chi connectivity index (χ3v) is 7.94. The van der Waals surface area contributed by atoms with Crippen molar-refractivity contribution in [3.63, 3.8) is 0 Å². The van der Waals surface area contributed by atoms with Gasteiger partial charge in [-0.3, -0.25) is 9.13 Å². The summed E-state index contributed by atoms with van der Waals surface area (Å²) in [6.07, 6.45) is 5.75. The molecule has 0 amide bonds. The van der Waals surface area contributed by atoms with Crippen molar-refractivity contribution in [3.8, 4) is 0 Å². The van der Waals surface area contributed by atoms with E-state index in [0.29, 0.717) is 0 Å². The zero-order valence-corrected chi connectivity index (χ0v) is 17.3. The Balaban J connectivity index is 2.49. The smallest absolute Gasteiger partial charge is 0.335 e. The molecule has 0 aliphatic carbocycles. The molecule has 1 aromatic heterocycles. The first-order valence-corrected chi connectivity index (χ1v) is 12.4. The van der Waals surface area contributed by atoms with Crippen LogP contribution in [0.25, 0.3) is 6.08 Å². The molecule has 0 radical (unpaired) electrons. The molecule has 1 heterocycles. The monoisotopic (exact) mass is 408 g/mol. The van der Waals surface area contributed by atoms with Gasteiger partial charge in [0.15, 0.2) is 0 Å². The highest BCUT2D eigenvalue weighted by Crippen LogP contribution is 2.54. The lowest BCUT2D eigenvalue weighted by Crippen LogP contribution is -1.99. The largest absolute Gasteiger partial charge is 0.366 e. The molecule has 0 bridgehead atoms. The van der Waals surface area contributed by atoms with Crippen LogP contribution in [0.15, 0.2) is 29.4 Å². The van der Waals surface area contributed by atoms with E-state index >= 15 is 0 Å². The summed E-state index contributed by atoms with van der Waals surface area (Å²) in [5.41, 5.74) is 2.58. The summed E-state index contributed by atoms with van der Waals surface area (Å²) in [6, 6.07) is 3.84. The minimum atomic E-state index is -4.53. The van der Waals surface area contributed by atoms with E-state index in [1.54, 1.807) is 0 Å². The highest BCUT2D eigenvalue weighted by molar-refractivity contribution is 7.72. The molecule has 0 saturated heterocycles. The van der Waals surface area contributed by atoms with Crippen molar-refractivity contribution in [1.29, 1.82) is 0 Å². The third kappa shape index (κ3) is 10.9. The van der Waals surface area contributed by atoms with Crippen molar-refractivity contribution in [3.05, 3.63) is 39.1 Å². The van der Waals surface area contributed by atoms with Crippen LogP contribution in [-0.4, -0.2) is 26.9 Å². The predicted octanol–water partition coefficient (Wildman–Crippen LogP) is 4.78. The number of allylic oxidation sites excluding steroid dienone is 3. The lowest BCUT2D eigenvalue weighted by Gasteiger charge is -2.12. The number of ether oxygens (including phenoxy) is 1. The SMILES string of the molecule is CC(C)=CCC/C(C)=C/c1ccc(COCP(=O)(O)CP(=O)(O)O)s1. The van der Waals surface area contributed by atoms with Gasteiger partial charge in [0.25, 0.3) is 0 Å². The Labute approximate surface area is 152 Å². The molecule has 0 spiro atoms. The summed E-state index contributed by atoms with van der Waals surface area (Å²) in [4.78, 5) is 29.0. The third-order valence-electron chi connectivity index (χ3n) is 3.10. The molecule has 0 fully saturated rings. The molecule has 0 saturated carbocycles. The predicted molar refractivity (Wildman–Crippen MR) is 103 cm³/mol. The Hall–Kier alpha value is -0.520. The van der Waals surface area contributed by atoms with Gasteiger partial charge < -0.3 is 19.4 Å². The maximum Gasteiger partial charge on any atom is 0.335 e. The van der Waals surface area contributed by atoms with Crippen molar-refractivity contribution in [1.82, 2.24) is 0 Å². The summed E-state index contributed by atoms with van der Waals surface area (Å²) in [7, 11) is -8.52. The number of thiophene rings is 1. The maximum absolute atomic E-state index is 11.6. The second-order valence-corrected chi connectivity index (χ2v) is 11.9. The highest BCUT2D eigenvalue weighted by atomic mass is 32.1. The van der Waals surface area contributed by atoms with Crippen molar-refractivity contribution < 1.29 is 28.5 Å². The Kier molecular flexibility index (Phi) is 8.99. The van der Waals surface area contributed by atoms with Gasteiger partial charge in [0, 0.05) is 9.75 Å². The van der Waals surface area contributed by atoms with E-state index in [4.69, 9.17) is 14.5 Å². The van der Waals surface area contributed by atoms with E-state index in [1.165, 1.54) is 22.5 Å². The van der Waals surface area contributed by atoms with Gasteiger partial charge in [-0.1, -0.05) is 17.2 Å². The van der Waals surface area contributed by atoms with Crippen molar-refractivity contribution in [2.45, 2.75) is 40.2 Å². The summed E-state index contributed by atoms with van der Waals surface area (Å²) in [5.74, 6) is -1.05. The minimum absolute atomic E-state index is 0.140. The molecule has 6 nitrogen and oxygen atoms in total. The van der Waals surface area contributed by atoms with E-state index in [9.17, 15) is 14.0 Å². The molecular formula is C16H26O6P2S. The van der Waals surface area contributed by atoms with Crippen LogP contribution in [0.5, 0.6) is 0 Å². The van der Waals surface area contributed by atoms with E-state index in [1.807, 2.05) is 12.1 Å². The molecule has 25 heavy (non-hydrogen) atoms. The zero-order chi connectivity index (χ0) is 19.1. The number of rotatable bonds is 10. The maximum atomic E-state index is 11.6. The summed E-state index contributed by atoms with van der Waals surface area (Å²) >= 11 is 1.52. The quantitative estimate of drug-likeness (QED) is 0.380. The van der Waals surface area contributed by atoms with Gasteiger partial charge in [-0.05, 0) is 51.8 Å². The van der Waals surface area contributed by atoms with Crippen LogP contribution in [0.4, 0.5) is 0 Å². The Morgan fingerprint density at radius 2 is 1.88 bits per heavy atom. The summed E-state index contributed by atoms with van der Waals surface area (Å²) in [5, 5.41) is 0. The molecule has 0 aromatic carbocycles. The topological polar surface area (TPSA) is 104 Å². The lowest BCUT2D eigenvalue weighted by atomic mass is 10.1. The van der Waals surface area contributed by atoms with Crippen LogP contribution in [0.3, 0.4) is 0 Å². The fraction of sp³-hybridized carbons (Fsp3) is 0.500. The van der Waals surface area contributed by atoms with Gasteiger partial charge in [-0.15, -0.1) is 11.3 Å². The van der Waals surface area contributed by atoms with E-state index in [2.05, 4.69) is 32.9 Å². The molecular weight excluding hydrogens is 382 g/mol. The van der Waals surface area contributed by atoms with Crippen molar-refractivity contribution in [2.24, 2.45) is 0 Å². The average molecular weight is 408 g/mol. The summed E-state index contributed by atoms with van der Waals surface area (Å²) in [6.45, 7) is 6.38. The second kappa shape index (κ2) is 9.98. The van der Waals surface area contributed by atoms with Gasteiger partial charge in [-0.2, -0.15) is 0 Å². The first-order valence-electron chi connectivity index (χ1n) is 7.79. The highest BCUT2D eigenvalue weighted by Gasteiger charge is 2.29. The first kappa shape index (κ1) is 22.5. The Morgan fingerprint density at radius 1 is 1.20 bits per heavy atom. The number of hydrogen-bond donors (Lipinski definition) is 3. The van der Waals surface area contributed by atoms with Gasteiger partial charge in [-0.25, -0.2) is 0 Å². The normalized spacial score (nSPS) is 15.0. The molecule has 1 atom stereocenters. The van der Waals surface area contributed by atoms with Gasteiger partial charge >= 0.3 is 7.60 Å². The molecule has 0 aliphatic heterocycles. The fourth-order valence-electron chi connectivity index (χ4n) is 2.07. The summed E-state index contributed by atoms with van der Waals surface area (Å²) < 4.78 is 27.6. The minimum Gasteiger partial charge on any atom is -0.366 e. The van der Waals surface area contributed by atoms with Gasteiger partial charge in [0.05, 0.1) is 6.61 Å². The molecule has 1 aromatic rings.